The van der Waals surface area contributed by atoms with E-state index < -0.39 is 5.97 Å². The second-order valence-electron chi connectivity index (χ2n) is 7.07. The van der Waals surface area contributed by atoms with Crippen molar-refractivity contribution in [3.05, 3.63) is 34.2 Å². The number of esters is 1. The summed E-state index contributed by atoms with van der Waals surface area (Å²) in [6, 6.07) is 7.76. The van der Waals surface area contributed by atoms with E-state index >= 15 is 0 Å². The zero-order valence-electron chi connectivity index (χ0n) is 14.8. The molecule has 0 radical (unpaired) electrons. The molecule has 1 aromatic heterocycles. The highest BCUT2D eigenvalue weighted by Crippen LogP contribution is 2.38. The molecule has 2 amide bonds. The van der Waals surface area contributed by atoms with E-state index in [9.17, 15) is 14.4 Å². The highest BCUT2D eigenvalue weighted by molar-refractivity contribution is 7.19. The van der Waals surface area contributed by atoms with Gasteiger partial charge in [0.05, 0.1) is 28.2 Å². The molecule has 142 valence electrons. The Kier molecular flexibility index (Phi) is 5.19. The van der Waals surface area contributed by atoms with Crippen LogP contribution in [0.25, 0.3) is 10.1 Å². The molecule has 0 bridgehead atoms. The first kappa shape index (κ1) is 18.4. The number of amides is 2. The van der Waals surface area contributed by atoms with Crippen LogP contribution in [0.15, 0.2) is 24.3 Å². The summed E-state index contributed by atoms with van der Waals surface area (Å²) >= 11 is 7.85. The van der Waals surface area contributed by atoms with Gasteiger partial charge in [0.2, 0.25) is 11.8 Å². The monoisotopic (exact) mass is 405 g/mol. The average molecular weight is 406 g/mol. The van der Waals surface area contributed by atoms with Gasteiger partial charge in [0, 0.05) is 16.6 Å². The molecule has 0 spiro atoms. The molecule has 1 saturated carbocycles. The van der Waals surface area contributed by atoms with E-state index in [1.54, 1.807) is 0 Å². The molecule has 7 heteroatoms. The van der Waals surface area contributed by atoms with Gasteiger partial charge in [-0.15, -0.1) is 11.3 Å². The van der Waals surface area contributed by atoms with Crippen LogP contribution in [-0.4, -0.2) is 29.2 Å². The molecule has 1 saturated heterocycles. The third kappa shape index (κ3) is 3.48. The summed E-state index contributed by atoms with van der Waals surface area (Å²) in [5, 5.41) is 1.56. The van der Waals surface area contributed by atoms with Crippen molar-refractivity contribution < 1.29 is 19.1 Å². The Morgan fingerprint density at radius 1 is 1.15 bits per heavy atom. The molecular formula is C20H20ClNO4S. The zero-order chi connectivity index (χ0) is 19.0. The predicted octanol–water partition coefficient (Wildman–Crippen LogP) is 4.16. The van der Waals surface area contributed by atoms with Crippen LogP contribution in [0.5, 0.6) is 0 Å². The number of thiophene rings is 1. The number of ether oxygens (including phenoxy) is 1. The molecule has 2 atom stereocenters. The van der Waals surface area contributed by atoms with Crippen molar-refractivity contribution in [1.29, 1.82) is 0 Å². The molecule has 0 N–H and O–H groups in total. The lowest BCUT2D eigenvalue weighted by molar-refractivity contribution is -0.146. The number of imide groups is 1. The van der Waals surface area contributed by atoms with Crippen LogP contribution in [0.1, 0.15) is 37.0 Å². The Hall–Kier alpha value is -1.92. The van der Waals surface area contributed by atoms with Crippen LogP contribution in [-0.2, 0) is 25.7 Å². The van der Waals surface area contributed by atoms with E-state index in [0.717, 1.165) is 40.6 Å². The average Bonchev–Trinajstić information content (AvgIpc) is 3.14. The third-order valence-electron chi connectivity index (χ3n) is 5.44. The normalized spacial score (nSPS) is 22.3. The zero-order valence-corrected chi connectivity index (χ0v) is 16.4. The summed E-state index contributed by atoms with van der Waals surface area (Å²) in [4.78, 5) is 39.0. The van der Waals surface area contributed by atoms with Crippen molar-refractivity contribution in [1.82, 2.24) is 4.90 Å². The van der Waals surface area contributed by atoms with E-state index in [1.165, 1.54) is 16.2 Å². The molecule has 2 fully saturated rings. The largest absolute Gasteiger partial charge is 0.460 e. The lowest BCUT2D eigenvalue weighted by Crippen LogP contribution is -2.33. The molecule has 4 rings (SSSR count). The standard InChI is InChI=1S/C20H20ClNO4S/c21-18-14-7-3-4-8-15(14)27-16(18)11-26-17(23)9-10-22-19(24)12-5-1-2-6-13(12)20(22)25/h3-4,7-8,12-13H,1-2,5-6,9-11H2/t12-,13-/m0/s1. The van der Waals surface area contributed by atoms with Crippen molar-refractivity contribution >= 4 is 50.8 Å². The summed E-state index contributed by atoms with van der Waals surface area (Å²) in [7, 11) is 0. The van der Waals surface area contributed by atoms with Crippen LogP contribution in [0.4, 0.5) is 0 Å². The number of hydrogen-bond acceptors (Lipinski definition) is 5. The lowest BCUT2D eigenvalue weighted by Gasteiger charge is -2.19. The van der Waals surface area contributed by atoms with Crippen LogP contribution in [0.3, 0.4) is 0 Å². The van der Waals surface area contributed by atoms with Crippen LogP contribution >= 0.6 is 22.9 Å². The van der Waals surface area contributed by atoms with Gasteiger partial charge in [0.1, 0.15) is 6.61 Å². The number of nitrogens with zero attached hydrogens (tertiary/aromatic N) is 1. The Labute approximate surface area is 166 Å². The second-order valence-corrected chi connectivity index (χ2v) is 8.59. The molecule has 2 heterocycles. The maximum Gasteiger partial charge on any atom is 0.307 e. The van der Waals surface area contributed by atoms with Gasteiger partial charge in [-0.25, -0.2) is 0 Å². The molecule has 1 aromatic carbocycles. The van der Waals surface area contributed by atoms with Crippen molar-refractivity contribution in [2.75, 3.05) is 6.54 Å². The molecular weight excluding hydrogens is 386 g/mol. The highest BCUT2D eigenvalue weighted by atomic mass is 35.5. The Morgan fingerprint density at radius 3 is 2.48 bits per heavy atom. The minimum Gasteiger partial charge on any atom is -0.460 e. The van der Waals surface area contributed by atoms with Gasteiger partial charge >= 0.3 is 5.97 Å². The number of likely N-dealkylation sites (tertiary alicyclic amines) is 1. The van der Waals surface area contributed by atoms with Crippen LogP contribution in [0, 0.1) is 11.8 Å². The fraction of sp³-hybridized carbons (Fsp3) is 0.450. The Morgan fingerprint density at radius 2 is 1.81 bits per heavy atom. The van der Waals surface area contributed by atoms with Gasteiger partial charge in [-0.3, -0.25) is 19.3 Å². The fourth-order valence-corrected chi connectivity index (χ4v) is 5.43. The number of carbonyl (C=O) groups is 3. The first-order chi connectivity index (χ1) is 13.1. The predicted molar refractivity (Wildman–Crippen MR) is 103 cm³/mol. The van der Waals surface area contributed by atoms with Crippen molar-refractivity contribution in [3.8, 4) is 0 Å². The van der Waals surface area contributed by atoms with Gasteiger partial charge < -0.3 is 4.74 Å². The molecule has 5 nitrogen and oxygen atoms in total. The maximum atomic E-state index is 12.4. The first-order valence-corrected chi connectivity index (χ1v) is 10.4. The van der Waals surface area contributed by atoms with E-state index in [2.05, 4.69) is 0 Å². The third-order valence-corrected chi connectivity index (χ3v) is 7.13. The first-order valence-electron chi connectivity index (χ1n) is 9.23. The second kappa shape index (κ2) is 7.60. The highest BCUT2D eigenvalue weighted by Gasteiger charge is 2.47. The SMILES string of the molecule is O=C(CCN1C(=O)[C@H]2CCCC[C@@H]2C1=O)OCc1sc2ccccc2c1Cl. The van der Waals surface area contributed by atoms with Gasteiger partial charge in [0.25, 0.3) is 0 Å². The topological polar surface area (TPSA) is 63.7 Å². The molecule has 2 aromatic rings. The number of hydrogen-bond donors (Lipinski definition) is 0. The minimum atomic E-state index is -0.431. The van der Waals surface area contributed by atoms with E-state index in [0.29, 0.717) is 5.02 Å². The number of carbonyl (C=O) groups excluding carboxylic acids is 3. The smallest absolute Gasteiger partial charge is 0.307 e. The minimum absolute atomic E-state index is 0.0133. The summed E-state index contributed by atoms with van der Waals surface area (Å²) < 4.78 is 6.37. The van der Waals surface area contributed by atoms with Gasteiger partial charge in [-0.2, -0.15) is 0 Å². The van der Waals surface area contributed by atoms with E-state index in [4.69, 9.17) is 16.3 Å². The van der Waals surface area contributed by atoms with Crippen molar-refractivity contribution in [2.24, 2.45) is 11.8 Å². The molecule has 1 aliphatic heterocycles. The number of fused-ring (bicyclic) bond motifs is 2. The summed E-state index contributed by atoms with van der Waals surface area (Å²) in [5.41, 5.74) is 0. The molecule has 2 aliphatic rings. The van der Waals surface area contributed by atoms with Crippen molar-refractivity contribution in [3.63, 3.8) is 0 Å². The van der Waals surface area contributed by atoms with Gasteiger partial charge in [-0.1, -0.05) is 42.6 Å². The lowest BCUT2D eigenvalue weighted by atomic mass is 9.81. The maximum absolute atomic E-state index is 12.4. The number of halogens is 1. The number of benzene rings is 1. The fourth-order valence-electron chi connectivity index (χ4n) is 4.03. The molecule has 0 unspecified atom stereocenters. The quantitative estimate of drug-likeness (QED) is 0.553. The summed E-state index contributed by atoms with van der Waals surface area (Å²) in [5.74, 6) is -1.03. The van der Waals surface area contributed by atoms with Gasteiger partial charge in [-0.05, 0) is 18.9 Å². The Bertz CT molecular complexity index is 885. The van der Waals surface area contributed by atoms with E-state index in [-0.39, 0.29) is 43.2 Å². The molecule has 27 heavy (non-hydrogen) atoms. The van der Waals surface area contributed by atoms with Crippen molar-refractivity contribution in [2.45, 2.75) is 38.7 Å². The number of rotatable bonds is 5. The molecule has 1 aliphatic carbocycles. The van der Waals surface area contributed by atoms with E-state index in [1.807, 2.05) is 24.3 Å². The Balaban J connectivity index is 1.32. The van der Waals surface area contributed by atoms with Crippen LogP contribution in [0.2, 0.25) is 5.02 Å². The van der Waals surface area contributed by atoms with Gasteiger partial charge in [0.15, 0.2) is 0 Å². The summed E-state index contributed by atoms with van der Waals surface area (Å²) in [6.45, 7) is 0.202. The van der Waals surface area contributed by atoms with Crippen LogP contribution < -0.4 is 0 Å². The summed E-state index contributed by atoms with van der Waals surface area (Å²) in [6.07, 6.45) is 3.55.